The zero-order valence-corrected chi connectivity index (χ0v) is 6.59. The van der Waals surface area contributed by atoms with E-state index in [1.165, 1.54) is 25.7 Å². The number of hydrogen-bond acceptors (Lipinski definition) is 2. The fourth-order valence-corrected chi connectivity index (χ4v) is 2.48. The number of nitrogens with two attached hydrogens (primary N) is 1. The molecule has 3 atom stereocenters. The molecule has 2 aliphatic rings. The van der Waals surface area contributed by atoms with Gasteiger partial charge in [-0.3, -0.25) is 4.90 Å². The van der Waals surface area contributed by atoms with E-state index in [9.17, 15) is 0 Å². The molecule has 0 aromatic heterocycles. The van der Waals surface area contributed by atoms with Crippen LogP contribution < -0.4 is 5.73 Å². The molecule has 3 unspecified atom stereocenters. The van der Waals surface area contributed by atoms with E-state index in [4.69, 9.17) is 5.73 Å². The van der Waals surface area contributed by atoms with Gasteiger partial charge in [-0.15, -0.1) is 0 Å². The molecular weight excluding hydrogens is 124 g/mol. The van der Waals surface area contributed by atoms with Crippen molar-refractivity contribution in [3.8, 4) is 0 Å². The molecule has 2 nitrogen and oxygen atoms in total. The van der Waals surface area contributed by atoms with Crippen LogP contribution in [0.1, 0.15) is 25.7 Å². The molecule has 2 rings (SSSR count). The number of fused-ring (bicyclic) bond motifs is 2. The van der Waals surface area contributed by atoms with E-state index in [1.54, 1.807) is 0 Å². The lowest BCUT2D eigenvalue weighted by atomic mass is 9.99. The molecule has 0 aromatic carbocycles. The smallest absolute Gasteiger partial charge is 0.0247 e. The first-order valence-corrected chi connectivity index (χ1v) is 4.26. The van der Waals surface area contributed by atoms with E-state index >= 15 is 0 Å². The summed E-state index contributed by atoms with van der Waals surface area (Å²) in [6, 6.07) is 2.03. The lowest BCUT2D eigenvalue weighted by molar-refractivity contribution is 0.158. The average Bonchev–Trinajstić information content (AvgIpc) is 2.13. The van der Waals surface area contributed by atoms with Gasteiger partial charge in [0.25, 0.3) is 0 Å². The predicted octanol–water partition coefficient (Wildman–Crippen LogP) is 0.570. The van der Waals surface area contributed by atoms with Crippen molar-refractivity contribution in [2.75, 3.05) is 7.05 Å². The van der Waals surface area contributed by atoms with Crippen molar-refractivity contribution in [1.29, 1.82) is 0 Å². The maximum atomic E-state index is 5.96. The molecule has 2 N–H and O–H groups in total. The lowest BCUT2D eigenvalue weighted by Gasteiger charge is -2.35. The van der Waals surface area contributed by atoms with Gasteiger partial charge in [-0.05, 0) is 32.7 Å². The van der Waals surface area contributed by atoms with Crippen LogP contribution in [0.2, 0.25) is 0 Å². The Bertz CT molecular complexity index is 135. The molecular formula is C8H16N2. The van der Waals surface area contributed by atoms with Crippen LogP contribution in [-0.4, -0.2) is 30.1 Å². The molecule has 0 radical (unpaired) electrons. The number of likely N-dealkylation sites (N-methyl/N-ethyl adjacent to an activating group) is 1. The van der Waals surface area contributed by atoms with Crippen molar-refractivity contribution in [1.82, 2.24) is 4.90 Å². The SMILES string of the molecule is CN1C2CCC(N)C1CC2. The molecule has 58 valence electrons. The van der Waals surface area contributed by atoms with E-state index in [-0.39, 0.29) is 0 Å². The molecule has 10 heavy (non-hydrogen) atoms. The predicted molar refractivity (Wildman–Crippen MR) is 41.8 cm³/mol. The molecule has 2 heteroatoms. The van der Waals surface area contributed by atoms with Crippen molar-refractivity contribution in [3.05, 3.63) is 0 Å². The Morgan fingerprint density at radius 1 is 1.20 bits per heavy atom. The Morgan fingerprint density at radius 3 is 2.60 bits per heavy atom. The van der Waals surface area contributed by atoms with Crippen LogP contribution in [0, 0.1) is 0 Å². The van der Waals surface area contributed by atoms with Crippen LogP contribution >= 0.6 is 0 Å². The largest absolute Gasteiger partial charge is 0.326 e. The van der Waals surface area contributed by atoms with Crippen LogP contribution in [0.3, 0.4) is 0 Å². The molecule has 0 saturated carbocycles. The Morgan fingerprint density at radius 2 is 1.90 bits per heavy atom. The summed E-state index contributed by atoms with van der Waals surface area (Å²) >= 11 is 0. The third kappa shape index (κ3) is 0.789. The van der Waals surface area contributed by atoms with E-state index in [1.807, 2.05) is 0 Å². The summed E-state index contributed by atoms with van der Waals surface area (Å²) in [6.07, 6.45) is 5.30. The molecule has 2 heterocycles. The first-order valence-electron chi connectivity index (χ1n) is 4.26. The minimum atomic E-state index is 0.462. The Balaban J connectivity index is 2.13. The number of rotatable bonds is 0. The minimum Gasteiger partial charge on any atom is -0.326 e. The van der Waals surface area contributed by atoms with Crippen molar-refractivity contribution < 1.29 is 0 Å². The van der Waals surface area contributed by atoms with Crippen LogP contribution in [0.15, 0.2) is 0 Å². The van der Waals surface area contributed by atoms with Gasteiger partial charge in [0.1, 0.15) is 0 Å². The van der Waals surface area contributed by atoms with Crippen LogP contribution in [0.5, 0.6) is 0 Å². The molecule has 0 spiro atoms. The highest BCUT2D eigenvalue weighted by Crippen LogP contribution is 2.32. The molecule has 0 aliphatic carbocycles. The molecule has 2 fully saturated rings. The zero-order valence-electron chi connectivity index (χ0n) is 6.59. The van der Waals surface area contributed by atoms with Crippen molar-refractivity contribution in [3.63, 3.8) is 0 Å². The second kappa shape index (κ2) is 2.21. The van der Waals surface area contributed by atoms with Crippen LogP contribution in [0.4, 0.5) is 0 Å². The third-order valence-corrected chi connectivity index (χ3v) is 3.22. The van der Waals surface area contributed by atoms with E-state index < -0.39 is 0 Å². The van der Waals surface area contributed by atoms with Gasteiger partial charge >= 0.3 is 0 Å². The summed E-state index contributed by atoms with van der Waals surface area (Å²) in [7, 11) is 2.22. The minimum absolute atomic E-state index is 0.462. The number of nitrogens with zero attached hydrogens (tertiary/aromatic N) is 1. The quantitative estimate of drug-likeness (QED) is 0.533. The summed E-state index contributed by atoms with van der Waals surface area (Å²) in [5.41, 5.74) is 5.96. The van der Waals surface area contributed by atoms with Gasteiger partial charge in [0.15, 0.2) is 0 Å². The summed E-state index contributed by atoms with van der Waals surface area (Å²) in [6.45, 7) is 0. The summed E-state index contributed by atoms with van der Waals surface area (Å²) in [4.78, 5) is 2.48. The highest BCUT2D eigenvalue weighted by molar-refractivity contribution is 4.96. The van der Waals surface area contributed by atoms with Gasteiger partial charge in [-0.1, -0.05) is 0 Å². The maximum absolute atomic E-state index is 5.96. The Hall–Kier alpha value is -0.0800. The maximum Gasteiger partial charge on any atom is 0.0247 e. The van der Waals surface area contributed by atoms with Gasteiger partial charge in [0.2, 0.25) is 0 Å². The van der Waals surface area contributed by atoms with Gasteiger partial charge < -0.3 is 5.73 Å². The molecule has 2 bridgehead atoms. The topological polar surface area (TPSA) is 29.3 Å². The monoisotopic (exact) mass is 140 g/mol. The Labute approximate surface area is 62.4 Å². The van der Waals surface area contributed by atoms with Crippen LogP contribution in [-0.2, 0) is 0 Å². The standard InChI is InChI=1S/C8H16N2/c1-10-6-2-4-7(9)8(10)5-3-6/h6-8H,2-5,9H2,1H3. The molecule has 0 aromatic rings. The second-order valence-corrected chi connectivity index (χ2v) is 3.71. The first-order chi connectivity index (χ1) is 4.79. The highest BCUT2D eigenvalue weighted by Gasteiger charge is 2.37. The van der Waals surface area contributed by atoms with E-state index in [0.29, 0.717) is 12.1 Å². The van der Waals surface area contributed by atoms with Crippen molar-refractivity contribution in [2.24, 2.45) is 5.73 Å². The van der Waals surface area contributed by atoms with E-state index in [0.717, 1.165) is 6.04 Å². The third-order valence-electron chi connectivity index (χ3n) is 3.22. The fourth-order valence-electron chi connectivity index (χ4n) is 2.48. The summed E-state index contributed by atoms with van der Waals surface area (Å²) in [5.74, 6) is 0. The molecule has 0 amide bonds. The molecule has 2 aliphatic heterocycles. The molecule has 2 saturated heterocycles. The second-order valence-electron chi connectivity index (χ2n) is 3.71. The van der Waals surface area contributed by atoms with Gasteiger partial charge in [0, 0.05) is 18.1 Å². The fraction of sp³-hybridized carbons (Fsp3) is 1.00. The summed E-state index contributed by atoms with van der Waals surface area (Å²) in [5, 5.41) is 0. The average molecular weight is 140 g/mol. The number of piperidine rings is 1. The summed E-state index contributed by atoms with van der Waals surface area (Å²) < 4.78 is 0. The van der Waals surface area contributed by atoms with Gasteiger partial charge in [-0.25, -0.2) is 0 Å². The lowest BCUT2D eigenvalue weighted by Crippen LogP contribution is -2.48. The van der Waals surface area contributed by atoms with Crippen LogP contribution in [0.25, 0.3) is 0 Å². The highest BCUT2D eigenvalue weighted by atomic mass is 15.2. The zero-order chi connectivity index (χ0) is 7.14. The van der Waals surface area contributed by atoms with Crippen molar-refractivity contribution >= 4 is 0 Å². The normalized spacial score (nSPS) is 48.0. The van der Waals surface area contributed by atoms with E-state index in [2.05, 4.69) is 11.9 Å². The first kappa shape index (κ1) is 6.62. The van der Waals surface area contributed by atoms with Gasteiger partial charge in [0.05, 0.1) is 0 Å². The Kier molecular flexibility index (Phi) is 1.46. The number of hydrogen-bond donors (Lipinski definition) is 1. The van der Waals surface area contributed by atoms with Crippen molar-refractivity contribution in [2.45, 2.75) is 43.8 Å². The van der Waals surface area contributed by atoms with Gasteiger partial charge in [-0.2, -0.15) is 0 Å².